The molecule has 1 saturated heterocycles. The van der Waals surface area contributed by atoms with Gasteiger partial charge in [0.15, 0.2) is 0 Å². The van der Waals surface area contributed by atoms with Crippen molar-refractivity contribution in [2.45, 2.75) is 85.0 Å². The lowest BCUT2D eigenvalue weighted by Crippen LogP contribution is -2.63. The van der Waals surface area contributed by atoms with Crippen LogP contribution in [0.3, 0.4) is 0 Å². The number of carbonyl (C=O) groups is 2. The van der Waals surface area contributed by atoms with Crippen molar-refractivity contribution in [1.29, 1.82) is 0 Å². The molecule has 2 atom stereocenters. The molecule has 2 heterocycles. The number of aromatic nitrogens is 1. The van der Waals surface area contributed by atoms with Crippen molar-refractivity contribution in [3.8, 4) is 0 Å². The summed E-state index contributed by atoms with van der Waals surface area (Å²) < 4.78 is 40.4. The van der Waals surface area contributed by atoms with Crippen LogP contribution in [0.2, 0.25) is 0 Å². The number of hydrogen-bond acceptors (Lipinski definition) is 3. The minimum Gasteiger partial charge on any atom is -0.358 e. The number of piperidine rings is 1. The van der Waals surface area contributed by atoms with E-state index in [1.807, 2.05) is 52.1 Å². The average molecular weight is 673 g/mol. The average Bonchev–Trinajstić information content (AvgIpc) is 3.38. The summed E-state index contributed by atoms with van der Waals surface area (Å²) in [5.41, 5.74) is 5.52. The van der Waals surface area contributed by atoms with Crippen LogP contribution >= 0.6 is 0 Å². The van der Waals surface area contributed by atoms with Crippen molar-refractivity contribution < 1.29 is 22.8 Å². The largest absolute Gasteiger partial charge is 0.416 e. The molecule has 4 aromatic rings. The van der Waals surface area contributed by atoms with Gasteiger partial charge in [-0.25, -0.2) is 0 Å². The molecule has 2 amide bonds. The normalized spacial score (nSPS) is 20.3. The second-order valence-corrected chi connectivity index (χ2v) is 15.1. The fourth-order valence-electron chi connectivity index (χ4n) is 8.37. The SMILES string of the molecule is Cc1cc(C)c(NC(=O)C2(N(Cc3ccc(C(F)(F)F)cc3)C(=O)C[C@@H]3[C@@H](c4c(C)[nH]c5ccccc45)C3(C)C)CCN(C)CC2)c(C)c1. The Labute approximate surface area is 287 Å². The number of anilines is 1. The van der Waals surface area contributed by atoms with E-state index in [9.17, 15) is 22.8 Å². The van der Waals surface area contributed by atoms with Crippen LogP contribution in [0.1, 0.15) is 78.1 Å². The summed E-state index contributed by atoms with van der Waals surface area (Å²) in [6.07, 6.45) is -3.43. The molecule has 0 radical (unpaired) electrons. The lowest BCUT2D eigenvalue weighted by atomic mass is 9.83. The van der Waals surface area contributed by atoms with E-state index in [1.54, 1.807) is 4.90 Å². The third-order valence-electron chi connectivity index (χ3n) is 11.3. The predicted octanol–water partition coefficient (Wildman–Crippen LogP) is 8.68. The summed E-state index contributed by atoms with van der Waals surface area (Å²) in [6, 6.07) is 17.2. The van der Waals surface area contributed by atoms with Crippen LogP contribution in [-0.4, -0.2) is 52.3 Å². The predicted molar refractivity (Wildman–Crippen MR) is 188 cm³/mol. The summed E-state index contributed by atoms with van der Waals surface area (Å²) in [6.45, 7) is 13.6. The van der Waals surface area contributed by atoms with Gasteiger partial charge in [-0.1, -0.05) is 61.9 Å². The summed E-state index contributed by atoms with van der Waals surface area (Å²) in [5, 5.41) is 4.38. The number of halogens is 3. The van der Waals surface area contributed by atoms with Gasteiger partial charge in [0.05, 0.1) is 5.56 Å². The number of nitrogens with zero attached hydrogens (tertiary/aromatic N) is 2. The van der Waals surface area contributed by atoms with Gasteiger partial charge in [0.25, 0.3) is 0 Å². The van der Waals surface area contributed by atoms with Crippen molar-refractivity contribution >= 4 is 28.4 Å². The van der Waals surface area contributed by atoms with E-state index in [0.29, 0.717) is 31.5 Å². The molecule has 3 aromatic carbocycles. The van der Waals surface area contributed by atoms with Crippen molar-refractivity contribution in [3.05, 3.63) is 99.7 Å². The second-order valence-electron chi connectivity index (χ2n) is 15.1. The van der Waals surface area contributed by atoms with Gasteiger partial charge in [0.1, 0.15) is 5.54 Å². The third-order valence-corrected chi connectivity index (χ3v) is 11.3. The molecule has 0 spiro atoms. The summed E-state index contributed by atoms with van der Waals surface area (Å²) in [7, 11) is 2.00. The molecule has 9 heteroatoms. The molecule has 1 aliphatic carbocycles. The zero-order chi connectivity index (χ0) is 35.5. The van der Waals surface area contributed by atoms with Crippen LogP contribution in [0, 0.1) is 39.0 Å². The third kappa shape index (κ3) is 6.50. The van der Waals surface area contributed by atoms with Gasteiger partial charge in [-0.2, -0.15) is 13.2 Å². The van der Waals surface area contributed by atoms with Crippen molar-refractivity contribution in [3.63, 3.8) is 0 Å². The monoisotopic (exact) mass is 672 g/mol. The molecule has 2 fully saturated rings. The minimum absolute atomic E-state index is 0.0287. The summed E-state index contributed by atoms with van der Waals surface area (Å²) >= 11 is 0. The number of H-pyrrole nitrogens is 1. The maximum atomic E-state index is 14.8. The maximum absolute atomic E-state index is 14.8. The highest BCUT2D eigenvalue weighted by Crippen LogP contribution is 2.67. The van der Waals surface area contributed by atoms with Crippen LogP contribution in [-0.2, 0) is 22.3 Å². The molecule has 0 bridgehead atoms. The molecular weight excluding hydrogens is 625 g/mol. The van der Waals surface area contributed by atoms with Gasteiger partial charge in [0, 0.05) is 48.3 Å². The van der Waals surface area contributed by atoms with E-state index < -0.39 is 17.3 Å². The highest BCUT2D eigenvalue weighted by atomic mass is 19.4. The lowest BCUT2D eigenvalue weighted by molar-refractivity contribution is -0.150. The molecule has 1 saturated carbocycles. The molecule has 1 aliphatic heterocycles. The van der Waals surface area contributed by atoms with Crippen LogP contribution in [0.4, 0.5) is 18.9 Å². The van der Waals surface area contributed by atoms with Gasteiger partial charge in [-0.3, -0.25) is 9.59 Å². The van der Waals surface area contributed by atoms with Crippen molar-refractivity contribution in [2.75, 3.05) is 25.5 Å². The number of likely N-dealkylation sites (tertiary alicyclic amines) is 1. The molecule has 0 unspecified atom stereocenters. The molecule has 2 aliphatic rings. The highest BCUT2D eigenvalue weighted by molar-refractivity contribution is 6.02. The molecule has 6 nitrogen and oxygen atoms in total. The Morgan fingerprint density at radius 3 is 2.18 bits per heavy atom. The minimum atomic E-state index is -4.47. The van der Waals surface area contributed by atoms with E-state index in [-0.39, 0.29) is 42.0 Å². The number of nitrogens with one attached hydrogen (secondary N) is 2. The fourth-order valence-corrected chi connectivity index (χ4v) is 8.37. The Morgan fingerprint density at radius 1 is 0.959 bits per heavy atom. The quantitative estimate of drug-likeness (QED) is 0.197. The second kappa shape index (κ2) is 12.7. The number of hydrogen-bond donors (Lipinski definition) is 2. The molecule has 260 valence electrons. The highest BCUT2D eigenvalue weighted by Gasteiger charge is 2.60. The first-order valence-corrected chi connectivity index (χ1v) is 17.1. The molecule has 49 heavy (non-hydrogen) atoms. The van der Waals surface area contributed by atoms with Crippen molar-refractivity contribution in [2.24, 2.45) is 11.3 Å². The first-order chi connectivity index (χ1) is 23.0. The smallest absolute Gasteiger partial charge is 0.358 e. The Bertz CT molecular complexity index is 1860. The Balaban J connectivity index is 1.38. The Morgan fingerprint density at radius 2 is 1.57 bits per heavy atom. The molecule has 2 N–H and O–H groups in total. The van der Waals surface area contributed by atoms with Gasteiger partial charge in [-0.05, 0) is 105 Å². The standard InChI is InChI=1S/C40H47F3N4O2/c1-24-20-25(2)36(26(3)21-24)45-37(49)39(16-18-46(7)19-17-39)47(23-28-12-14-29(15-13-28)40(41,42)43)33(48)22-31-35(38(31,5)6)34-27(4)44-32-11-9-8-10-30(32)34/h8-15,20-21,31,35,44H,16-19,22-23H2,1-7H3,(H,45,49)/t31-,35+/m1/s1. The molecular formula is C40H47F3N4O2. The molecule has 6 rings (SSSR count). The Kier molecular flexibility index (Phi) is 8.97. The number of aryl methyl sites for hydroxylation is 4. The first-order valence-electron chi connectivity index (χ1n) is 17.1. The summed E-state index contributed by atoms with van der Waals surface area (Å²) in [4.78, 5) is 36.9. The number of para-hydroxylation sites is 1. The number of amides is 2. The van der Waals surface area contributed by atoms with Gasteiger partial charge in [0.2, 0.25) is 11.8 Å². The maximum Gasteiger partial charge on any atom is 0.416 e. The van der Waals surface area contributed by atoms with E-state index in [0.717, 1.165) is 51.1 Å². The van der Waals surface area contributed by atoms with E-state index in [2.05, 4.69) is 48.1 Å². The number of carbonyl (C=O) groups excluding carboxylic acids is 2. The fraction of sp³-hybridized carbons (Fsp3) is 0.450. The van der Waals surface area contributed by atoms with Crippen LogP contribution in [0.15, 0.2) is 60.7 Å². The van der Waals surface area contributed by atoms with Gasteiger partial charge >= 0.3 is 6.18 Å². The number of rotatable bonds is 8. The van der Waals surface area contributed by atoms with Crippen LogP contribution in [0.25, 0.3) is 10.9 Å². The molecule has 1 aromatic heterocycles. The van der Waals surface area contributed by atoms with E-state index in [4.69, 9.17) is 0 Å². The first kappa shape index (κ1) is 34.7. The van der Waals surface area contributed by atoms with E-state index in [1.165, 1.54) is 17.7 Å². The topological polar surface area (TPSA) is 68.4 Å². The lowest BCUT2D eigenvalue weighted by Gasteiger charge is -2.47. The van der Waals surface area contributed by atoms with Gasteiger partial charge in [-0.15, -0.1) is 0 Å². The van der Waals surface area contributed by atoms with Crippen LogP contribution < -0.4 is 5.32 Å². The zero-order valence-electron chi connectivity index (χ0n) is 29.5. The number of fused-ring (bicyclic) bond motifs is 1. The Hall–Kier alpha value is -4.11. The van der Waals surface area contributed by atoms with Gasteiger partial charge < -0.3 is 20.1 Å². The number of benzene rings is 3. The number of aromatic amines is 1. The number of alkyl halides is 3. The summed E-state index contributed by atoms with van der Waals surface area (Å²) in [5.74, 6) is -0.244. The zero-order valence-corrected chi connectivity index (χ0v) is 29.5. The van der Waals surface area contributed by atoms with Crippen LogP contribution in [0.5, 0.6) is 0 Å². The van der Waals surface area contributed by atoms with E-state index >= 15 is 0 Å². The van der Waals surface area contributed by atoms with Crippen molar-refractivity contribution in [1.82, 2.24) is 14.8 Å².